The molecule has 0 radical (unpaired) electrons. The molecule has 33 heavy (non-hydrogen) atoms. The standard InChI is InChI=1S/C29H32O4/c1-5-7-9-11-15-21-23(27(30)31)17-13-19-25(21)29(3,4)26-20-14-18-24(28(32)33)22(26)16-12-10-8-6-2/h13-14,17-20H,9-12,15-16H2,1-4H3,(H,30,31)(H,32,33). The van der Waals surface area contributed by atoms with Crippen LogP contribution in [0.5, 0.6) is 0 Å². The second-order valence-electron chi connectivity index (χ2n) is 8.46. The molecule has 0 heterocycles. The van der Waals surface area contributed by atoms with Crippen molar-refractivity contribution >= 4 is 11.9 Å². The van der Waals surface area contributed by atoms with Crippen molar-refractivity contribution < 1.29 is 19.8 Å². The zero-order valence-electron chi connectivity index (χ0n) is 19.9. The lowest BCUT2D eigenvalue weighted by atomic mass is 9.71. The van der Waals surface area contributed by atoms with E-state index in [1.807, 2.05) is 26.0 Å². The van der Waals surface area contributed by atoms with E-state index in [9.17, 15) is 19.8 Å². The van der Waals surface area contributed by atoms with Gasteiger partial charge < -0.3 is 10.2 Å². The first-order chi connectivity index (χ1) is 15.8. The van der Waals surface area contributed by atoms with Gasteiger partial charge in [0.1, 0.15) is 0 Å². The Bertz CT molecular complexity index is 1040. The third-order valence-corrected chi connectivity index (χ3v) is 5.97. The second kappa shape index (κ2) is 11.9. The molecule has 0 aromatic heterocycles. The highest BCUT2D eigenvalue weighted by atomic mass is 16.4. The van der Waals surface area contributed by atoms with Gasteiger partial charge in [-0.2, -0.15) is 0 Å². The predicted molar refractivity (Wildman–Crippen MR) is 132 cm³/mol. The molecule has 4 nitrogen and oxygen atoms in total. The lowest BCUT2D eigenvalue weighted by Gasteiger charge is -2.32. The molecule has 0 amide bonds. The molecule has 0 spiro atoms. The molecule has 0 fully saturated rings. The van der Waals surface area contributed by atoms with E-state index in [2.05, 4.69) is 23.7 Å². The molecule has 172 valence electrons. The fourth-order valence-electron chi connectivity index (χ4n) is 4.39. The topological polar surface area (TPSA) is 74.6 Å². The first-order valence-corrected chi connectivity index (χ1v) is 11.3. The summed E-state index contributed by atoms with van der Waals surface area (Å²) in [6.45, 7) is 7.67. The molecular weight excluding hydrogens is 412 g/mol. The number of benzene rings is 2. The van der Waals surface area contributed by atoms with E-state index in [1.54, 1.807) is 38.1 Å². The lowest BCUT2D eigenvalue weighted by molar-refractivity contribution is 0.0684. The van der Waals surface area contributed by atoms with Crippen LogP contribution in [0.25, 0.3) is 0 Å². The number of aromatic carboxylic acids is 2. The van der Waals surface area contributed by atoms with Crippen molar-refractivity contribution in [3.05, 3.63) is 69.8 Å². The van der Waals surface area contributed by atoms with Crippen LogP contribution in [0.3, 0.4) is 0 Å². The molecule has 0 aliphatic rings. The van der Waals surface area contributed by atoms with Crippen LogP contribution in [-0.4, -0.2) is 22.2 Å². The van der Waals surface area contributed by atoms with Crippen LogP contribution in [0.4, 0.5) is 0 Å². The largest absolute Gasteiger partial charge is 0.478 e. The van der Waals surface area contributed by atoms with Gasteiger partial charge in [-0.1, -0.05) is 38.1 Å². The number of carboxylic acid groups (broad SMARTS) is 2. The summed E-state index contributed by atoms with van der Waals surface area (Å²) in [5.74, 6) is 9.95. The summed E-state index contributed by atoms with van der Waals surface area (Å²) in [7, 11) is 0. The van der Waals surface area contributed by atoms with Crippen molar-refractivity contribution in [3.8, 4) is 23.7 Å². The van der Waals surface area contributed by atoms with Crippen LogP contribution in [0, 0.1) is 23.7 Å². The summed E-state index contributed by atoms with van der Waals surface area (Å²) in [6, 6.07) is 10.8. The number of unbranched alkanes of at least 4 members (excludes halogenated alkanes) is 2. The van der Waals surface area contributed by atoms with Gasteiger partial charge in [-0.25, -0.2) is 9.59 Å². The van der Waals surface area contributed by atoms with Crippen LogP contribution < -0.4 is 0 Å². The third-order valence-electron chi connectivity index (χ3n) is 5.97. The molecule has 2 N–H and O–H groups in total. The minimum absolute atomic E-state index is 0.291. The number of hydrogen-bond acceptors (Lipinski definition) is 2. The first-order valence-electron chi connectivity index (χ1n) is 11.3. The zero-order chi connectivity index (χ0) is 24.4. The van der Waals surface area contributed by atoms with E-state index in [4.69, 9.17) is 0 Å². The van der Waals surface area contributed by atoms with Gasteiger partial charge in [-0.15, -0.1) is 23.7 Å². The summed E-state index contributed by atoms with van der Waals surface area (Å²) in [6.07, 6.45) is 4.09. The maximum absolute atomic E-state index is 12.0. The molecule has 0 atom stereocenters. The van der Waals surface area contributed by atoms with Crippen molar-refractivity contribution in [2.75, 3.05) is 0 Å². The van der Waals surface area contributed by atoms with Crippen molar-refractivity contribution in [2.45, 2.75) is 71.6 Å². The second-order valence-corrected chi connectivity index (χ2v) is 8.46. The third kappa shape index (κ3) is 6.27. The van der Waals surface area contributed by atoms with E-state index in [1.165, 1.54) is 0 Å². The summed E-state index contributed by atoms with van der Waals surface area (Å²) < 4.78 is 0. The summed E-state index contributed by atoms with van der Waals surface area (Å²) in [5, 5.41) is 19.7. The Morgan fingerprint density at radius 2 is 1.15 bits per heavy atom. The summed E-state index contributed by atoms with van der Waals surface area (Å²) >= 11 is 0. The number of carboxylic acids is 2. The van der Waals surface area contributed by atoms with Crippen LogP contribution in [0.2, 0.25) is 0 Å². The highest BCUT2D eigenvalue weighted by Crippen LogP contribution is 2.39. The molecule has 0 saturated carbocycles. The Morgan fingerprint density at radius 3 is 1.48 bits per heavy atom. The van der Waals surface area contributed by atoms with Crippen LogP contribution in [0.15, 0.2) is 36.4 Å². The molecule has 2 aromatic carbocycles. The molecule has 0 saturated heterocycles. The minimum Gasteiger partial charge on any atom is -0.478 e. The molecule has 4 heteroatoms. The van der Waals surface area contributed by atoms with Crippen molar-refractivity contribution in [2.24, 2.45) is 0 Å². The fourth-order valence-corrected chi connectivity index (χ4v) is 4.39. The molecular formula is C29H32O4. The Kier molecular flexibility index (Phi) is 9.31. The van der Waals surface area contributed by atoms with E-state index in [0.717, 1.165) is 35.1 Å². The van der Waals surface area contributed by atoms with E-state index >= 15 is 0 Å². The Labute approximate surface area is 197 Å². The van der Waals surface area contributed by atoms with Gasteiger partial charge in [0.15, 0.2) is 0 Å². The molecule has 0 aliphatic carbocycles. The van der Waals surface area contributed by atoms with Gasteiger partial charge in [0.05, 0.1) is 11.1 Å². The van der Waals surface area contributed by atoms with Crippen LogP contribution >= 0.6 is 0 Å². The predicted octanol–water partition coefficient (Wildman–Crippen LogP) is 6.10. The Hall–Kier alpha value is -3.50. The summed E-state index contributed by atoms with van der Waals surface area (Å²) in [5.41, 5.74) is 3.38. The van der Waals surface area contributed by atoms with Gasteiger partial charge in [-0.3, -0.25) is 0 Å². The SMILES string of the molecule is CC#CCCCc1c(C(=O)O)cccc1C(C)(C)c1cccc(C(=O)O)c1CCCC#CC. The monoisotopic (exact) mass is 444 g/mol. The average Bonchev–Trinajstić information content (AvgIpc) is 2.79. The van der Waals surface area contributed by atoms with E-state index in [-0.39, 0.29) is 0 Å². The Morgan fingerprint density at radius 1 is 0.758 bits per heavy atom. The molecule has 2 rings (SSSR count). The number of hydrogen-bond donors (Lipinski definition) is 2. The van der Waals surface area contributed by atoms with Gasteiger partial charge in [0, 0.05) is 18.3 Å². The fraction of sp³-hybridized carbons (Fsp3) is 0.379. The van der Waals surface area contributed by atoms with Gasteiger partial charge in [-0.05, 0) is 73.9 Å². The van der Waals surface area contributed by atoms with Crippen LogP contribution in [-0.2, 0) is 18.3 Å². The molecule has 0 aliphatic heterocycles. The van der Waals surface area contributed by atoms with Gasteiger partial charge >= 0.3 is 11.9 Å². The van der Waals surface area contributed by atoms with Crippen LogP contribution in [0.1, 0.15) is 96.3 Å². The van der Waals surface area contributed by atoms with Crippen molar-refractivity contribution in [1.82, 2.24) is 0 Å². The normalized spacial score (nSPS) is 10.5. The van der Waals surface area contributed by atoms with Crippen molar-refractivity contribution in [3.63, 3.8) is 0 Å². The first kappa shape index (κ1) is 25.8. The Balaban J connectivity index is 2.64. The van der Waals surface area contributed by atoms with Gasteiger partial charge in [0.25, 0.3) is 0 Å². The maximum Gasteiger partial charge on any atom is 0.335 e. The highest BCUT2D eigenvalue weighted by molar-refractivity contribution is 5.91. The smallest absolute Gasteiger partial charge is 0.335 e. The number of carbonyl (C=O) groups is 2. The van der Waals surface area contributed by atoms with E-state index < -0.39 is 17.4 Å². The molecule has 0 unspecified atom stereocenters. The van der Waals surface area contributed by atoms with Gasteiger partial charge in [0.2, 0.25) is 0 Å². The average molecular weight is 445 g/mol. The minimum atomic E-state index is -0.957. The zero-order valence-corrected chi connectivity index (χ0v) is 19.9. The summed E-state index contributed by atoms with van der Waals surface area (Å²) in [4.78, 5) is 24.0. The lowest BCUT2D eigenvalue weighted by Crippen LogP contribution is -2.25. The number of rotatable bonds is 10. The van der Waals surface area contributed by atoms with Crippen molar-refractivity contribution in [1.29, 1.82) is 0 Å². The molecule has 0 bridgehead atoms. The van der Waals surface area contributed by atoms with E-state index in [0.29, 0.717) is 36.8 Å². The quantitative estimate of drug-likeness (QED) is 0.343. The highest BCUT2D eigenvalue weighted by Gasteiger charge is 2.31. The maximum atomic E-state index is 12.0. The molecule has 2 aromatic rings.